The van der Waals surface area contributed by atoms with Crippen molar-refractivity contribution in [3.8, 4) is 0 Å². The number of hydrogen-bond donors (Lipinski definition) is 0. The lowest BCUT2D eigenvalue weighted by Gasteiger charge is -2.27. The molecule has 0 bridgehead atoms. The van der Waals surface area contributed by atoms with E-state index in [9.17, 15) is 0 Å². The Morgan fingerprint density at radius 1 is 1.09 bits per heavy atom. The van der Waals surface area contributed by atoms with Crippen molar-refractivity contribution in [3.63, 3.8) is 0 Å². The highest BCUT2D eigenvalue weighted by atomic mass is 16.5. The van der Waals surface area contributed by atoms with E-state index in [1.807, 2.05) is 18.3 Å². The summed E-state index contributed by atoms with van der Waals surface area (Å²) in [6.07, 6.45) is 10.0. The summed E-state index contributed by atoms with van der Waals surface area (Å²) in [5.41, 5.74) is 1.91. The Kier molecular flexibility index (Phi) is 4.08. The Hall–Kier alpha value is -1.46. The van der Waals surface area contributed by atoms with E-state index in [-0.39, 0.29) is 12.3 Å². The Balaban J connectivity index is 1.68. The van der Waals surface area contributed by atoms with E-state index in [2.05, 4.69) is 9.55 Å². The maximum atomic E-state index is 6.00. The molecule has 2 saturated heterocycles. The van der Waals surface area contributed by atoms with Crippen molar-refractivity contribution < 1.29 is 9.47 Å². The number of pyridine rings is 1. The topological polar surface area (TPSA) is 49.2 Å². The largest absolute Gasteiger partial charge is 0.378 e. The van der Waals surface area contributed by atoms with Crippen molar-refractivity contribution in [2.24, 2.45) is 0 Å². The Bertz CT molecular complexity index is 628. The molecule has 0 saturated carbocycles. The Morgan fingerprint density at radius 2 is 1.95 bits per heavy atom. The molecular formula is C17H23N3O2. The number of ether oxygens (including phenoxy) is 2. The second kappa shape index (κ2) is 6.34. The smallest absolute Gasteiger partial charge is 0.162 e. The van der Waals surface area contributed by atoms with Gasteiger partial charge in [0.05, 0.1) is 6.10 Å². The average molecular weight is 301 g/mol. The monoisotopic (exact) mass is 301 g/mol. The molecule has 2 aromatic rings. The van der Waals surface area contributed by atoms with Crippen LogP contribution in [0.2, 0.25) is 0 Å². The van der Waals surface area contributed by atoms with Gasteiger partial charge >= 0.3 is 0 Å². The molecule has 0 radical (unpaired) electrons. The quantitative estimate of drug-likeness (QED) is 0.873. The third-order valence-corrected chi connectivity index (χ3v) is 4.65. The van der Waals surface area contributed by atoms with Crippen LogP contribution in [0.5, 0.6) is 0 Å². The van der Waals surface area contributed by atoms with Crippen molar-refractivity contribution in [3.05, 3.63) is 24.2 Å². The van der Waals surface area contributed by atoms with Gasteiger partial charge in [0.2, 0.25) is 0 Å². The highest BCUT2D eigenvalue weighted by Gasteiger charge is 2.25. The summed E-state index contributed by atoms with van der Waals surface area (Å²) in [6.45, 7) is 1.71. The average Bonchev–Trinajstić information content (AvgIpc) is 2.94. The molecule has 5 nitrogen and oxygen atoms in total. The summed E-state index contributed by atoms with van der Waals surface area (Å²) in [6, 6.07) is 3.98. The molecule has 2 fully saturated rings. The number of hydrogen-bond acceptors (Lipinski definition) is 4. The molecule has 0 spiro atoms. The molecule has 2 aliphatic heterocycles. The molecular weight excluding hydrogens is 278 g/mol. The SMILES string of the molecule is c1cnc2c(c1)nc(CC1CCCCO1)n2C1CCCCO1. The first-order valence-electron chi connectivity index (χ1n) is 8.47. The van der Waals surface area contributed by atoms with Gasteiger partial charge in [-0.3, -0.25) is 4.57 Å². The van der Waals surface area contributed by atoms with Crippen LogP contribution in [0.15, 0.2) is 18.3 Å². The Morgan fingerprint density at radius 3 is 2.73 bits per heavy atom. The first-order chi connectivity index (χ1) is 10.9. The number of nitrogens with zero attached hydrogens (tertiary/aromatic N) is 3. The van der Waals surface area contributed by atoms with Gasteiger partial charge in [-0.2, -0.15) is 0 Å². The molecule has 4 rings (SSSR count). The second-order valence-electron chi connectivity index (χ2n) is 6.26. The number of aromatic nitrogens is 3. The predicted molar refractivity (Wildman–Crippen MR) is 83.7 cm³/mol. The normalized spacial score (nSPS) is 26.4. The molecule has 0 amide bonds. The number of imidazole rings is 1. The van der Waals surface area contributed by atoms with Crippen LogP contribution in [0.3, 0.4) is 0 Å². The molecule has 2 atom stereocenters. The van der Waals surface area contributed by atoms with Crippen molar-refractivity contribution >= 4 is 11.2 Å². The zero-order chi connectivity index (χ0) is 14.8. The van der Waals surface area contributed by atoms with Crippen LogP contribution in [0, 0.1) is 0 Å². The molecule has 2 aliphatic rings. The lowest BCUT2D eigenvalue weighted by molar-refractivity contribution is -0.0339. The van der Waals surface area contributed by atoms with Crippen molar-refractivity contribution in [1.82, 2.24) is 14.5 Å². The van der Waals surface area contributed by atoms with E-state index in [1.54, 1.807) is 0 Å². The molecule has 0 N–H and O–H groups in total. The molecule has 5 heteroatoms. The van der Waals surface area contributed by atoms with Crippen LogP contribution < -0.4 is 0 Å². The van der Waals surface area contributed by atoms with Crippen molar-refractivity contribution in [2.75, 3.05) is 13.2 Å². The summed E-state index contributed by atoms with van der Waals surface area (Å²) in [5.74, 6) is 1.06. The molecule has 0 aliphatic carbocycles. The zero-order valence-electron chi connectivity index (χ0n) is 12.9. The van der Waals surface area contributed by atoms with Crippen LogP contribution in [0.4, 0.5) is 0 Å². The second-order valence-corrected chi connectivity index (χ2v) is 6.26. The third kappa shape index (κ3) is 2.75. The van der Waals surface area contributed by atoms with Crippen LogP contribution in [-0.2, 0) is 15.9 Å². The molecule has 2 aromatic heterocycles. The van der Waals surface area contributed by atoms with Gasteiger partial charge in [-0.25, -0.2) is 9.97 Å². The highest BCUT2D eigenvalue weighted by Crippen LogP contribution is 2.29. The van der Waals surface area contributed by atoms with Gasteiger partial charge in [0, 0.05) is 25.8 Å². The van der Waals surface area contributed by atoms with Gasteiger partial charge in [0.25, 0.3) is 0 Å². The van der Waals surface area contributed by atoms with Gasteiger partial charge in [-0.15, -0.1) is 0 Å². The lowest BCUT2D eigenvalue weighted by Crippen LogP contribution is -2.26. The minimum atomic E-state index is 0.0761. The van der Waals surface area contributed by atoms with E-state index in [1.165, 1.54) is 19.3 Å². The van der Waals surface area contributed by atoms with Crippen molar-refractivity contribution in [2.45, 2.75) is 57.3 Å². The van der Waals surface area contributed by atoms with Crippen LogP contribution >= 0.6 is 0 Å². The summed E-state index contributed by atoms with van der Waals surface area (Å²) in [7, 11) is 0. The maximum Gasteiger partial charge on any atom is 0.162 e. The summed E-state index contributed by atoms with van der Waals surface area (Å²) in [5, 5.41) is 0. The van der Waals surface area contributed by atoms with E-state index in [0.29, 0.717) is 0 Å². The fourth-order valence-corrected chi connectivity index (χ4v) is 3.52. The summed E-state index contributed by atoms with van der Waals surface area (Å²) in [4.78, 5) is 9.37. The zero-order valence-corrected chi connectivity index (χ0v) is 12.9. The van der Waals surface area contributed by atoms with Gasteiger partial charge < -0.3 is 9.47 Å². The summed E-state index contributed by atoms with van der Waals surface area (Å²) < 4.78 is 14.1. The Labute approximate surface area is 130 Å². The van der Waals surface area contributed by atoms with E-state index >= 15 is 0 Å². The molecule has 2 unspecified atom stereocenters. The van der Waals surface area contributed by atoms with Gasteiger partial charge in [0.1, 0.15) is 17.6 Å². The third-order valence-electron chi connectivity index (χ3n) is 4.65. The number of rotatable bonds is 3. The first-order valence-corrected chi connectivity index (χ1v) is 8.47. The molecule has 4 heterocycles. The van der Waals surface area contributed by atoms with Crippen LogP contribution in [0.25, 0.3) is 11.2 Å². The van der Waals surface area contributed by atoms with Gasteiger partial charge in [0.15, 0.2) is 5.65 Å². The fraction of sp³-hybridized carbons (Fsp3) is 0.647. The first kappa shape index (κ1) is 14.2. The predicted octanol–water partition coefficient (Wildman–Crippen LogP) is 3.24. The van der Waals surface area contributed by atoms with E-state index in [0.717, 1.165) is 55.9 Å². The minimum absolute atomic E-state index is 0.0761. The fourth-order valence-electron chi connectivity index (χ4n) is 3.52. The molecule has 118 valence electrons. The van der Waals surface area contributed by atoms with Crippen molar-refractivity contribution in [1.29, 1.82) is 0 Å². The standard InChI is InChI=1S/C17H23N3O2/c1-3-10-21-13(6-1)12-15-19-14-7-5-9-18-17(14)20(15)16-8-2-4-11-22-16/h5,7,9,13,16H,1-4,6,8,10-12H2. The minimum Gasteiger partial charge on any atom is -0.378 e. The summed E-state index contributed by atoms with van der Waals surface area (Å²) >= 11 is 0. The maximum absolute atomic E-state index is 6.00. The van der Waals surface area contributed by atoms with Gasteiger partial charge in [-0.05, 0) is 50.7 Å². The lowest BCUT2D eigenvalue weighted by atomic mass is 10.1. The highest BCUT2D eigenvalue weighted by molar-refractivity contribution is 5.71. The number of fused-ring (bicyclic) bond motifs is 1. The van der Waals surface area contributed by atoms with Crippen LogP contribution in [0.1, 0.15) is 50.6 Å². The van der Waals surface area contributed by atoms with Crippen LogP contribution in [-0.4, -0.2) is 33.9 Å². The molecule has 0 aromatic carbocycles. The van der Waals surface area contributed by atoms with E-state index in [4.69, 9.17) is 14.5 Å². The molecule has 22 heavy (non-hydrogen) atoms. The van der Waals surface area contributed by atoms with Gasteiger partial charge in [-0.1, -0.05) is 0 Å². The van der Waals surface area contributed by atoms with E-state index < -0.39 is 0 Å².